The number of aromatic nitrogens is 1. The molecular formula is C26H26N4O5. The summed E-state index contributed by atoms with van der Waals surface area (Å²) in [5, 5.41) is 3.42. The zero-order chi connectivity index (χ0) is 24.4. The lowest BCUT2D eigenvalue weighted by atomic mass is 9.95. The number of carbonyl (C=O) groups excluding carboxylic acids is 2. The Balaban J connectivity index is 1.54. The van der Waals surface area contributed by atoms with E-state index in [2.05, 4.69) is 16.4 Å². The van der Waals surface area contributed by atoms with Crippen molar-refractivity contribution in [3.05, 3.63) is 65.4 Å². The zero-order valence-corrected chi connectivity index (χ0v) is 19.3. The topological polar surface area (TPSA) is 119 Å². The number of ether oxygens (including phenoxy) is 3. The lowest BCUT2D eigenvalue weighted by molar-refractivity contribution is 0.0301. The highest BCUT2D eigenvalue weighted by Crippen LogP contribution is 2.39. The third-order valence-corrected chi connectivity index (χ3v) is 6.18. The van der Waals surface area contributed by atoms with Crippen LogP contribution in [0.3, 0.4) is 0 Å². The number of primary amides is 1. The molecule has 0 radical (unpaired) electrons. The number of fused-ring (bicyclic) bond motifs is 1. The van der Waals surface area contributed by atoms with Gasteiger partial charge in [0.15, 0.2) is 0 Å². The summed E-state index contributed by atoms with van der Waals surface area (Å²) in [6.45, 7) is 2.43. The van der Waals surface area contributed by atoms with Gasteiger partial charge in [0.25, 0.3) is 5.91 Å². The monoisotopic (exact) mass is 474 g/mol. The number of rotatable bonds is 5. The molecule has 2 aliphatic heterocycles. The third-order valence-electron chi connectivity index (χ3n) is 6.18. The molecule has 1 aromatic heterocycles. The van der Waals surface area contributed by atoms with Gasteiger partial charge in [0.05, 0.1) is 25.9 Å². The smallest absolute Gasteiger partial charge is 0.409 e. The number of amides is 2. The predicted octanol–water partition coefficient (Wildman–Crippen LogP) is 3.59. The highest BCUT2D eigenvalue weighted by atomic mass is 16.5. The molecule has 9 heteroatoms. The van der Waals surface area contributed by atoms with Crippen LogP contribution in [0.2, 0.25) is 0 Å². The Morgan fingerprint density at radius 2 is 1.86 bits per heavy atom. The molecule has 1 fully saturated rings. The lowest BCUT2D eigenvalue weighted by Crippen LogP contribution is -2.41. The third kappa shape index (κ3) is 4.45. The SMILES string of the molecule is COc1ccccc1-c1c[nH]c2c1C=C(c1ccc(OC(N)=O)c(C(=O)N3CCOCC3)c1)CN2. The number of hydrogen-bond donors (Lipinski definition) is 3. The molecule has 0 unspecified atom stereocenters. The number of nitrogens with zero attached hydrogens (tertiary/aromatic N) is 1. The number of methoxy groups -OCH3 is 1. The van der Waals surface area contributed by atoms with Gasteiger partial charge in [0.2, 0.25) is 0 Å². The van der Waals surface area contributed by atoms with Crippen LogP contribution >= 0.6 is 0 Å². The Morgan fingerprint density at radius 3 is 2.63 bits per heavy atom. The molecule has 35 heavy (non-hydrogen) atoms. The minimum absolute atomic E-state index is 0.138. The van der Waals surface area contributed by atoms with Gasteiger partial charge in [-0.1, -0.05) is 24.3 Å². The van der Waals surface area contributed by atoms with E-state index in [0.29, 0.717) is 32.8 Å². The van der Waals surface area contributed by atoms with Gasteiger partial charge in [-0.25, -0.2) is 4.79 Å². The van der Waals surface area contributed by atoms with Crippen molar-refractivity contribution in [2.24, 2.45) is 5.73 Å². The Morgan fingerprint density at radius 1 is 1.06 bits per heavy atom. The summed E-state index contributed by atoms with van der Waals surface area (Å²) in [5.41, 5.74) is 10.3. The van der Waals surface area contributed by atoms with E-state index in [4.69, 9.17) is 19.9 Å². The largest absolute Gasteiger partial charge is 0.496 e. The molecule has 0 aliphatic carbocycles. The fourth-order valence-corrected chi connectivity index (χ4v) is 4.45. The maximum Gasteiger partial charge on any atom is 0.409 e. The second-order valence-electron chi connectivity index (χ2n) is 8.25. The second-order valence-corrected chi connectivity index (χ2v) is 8.25. The van der Waals surface area contributed by atoms with Crippen LogP contribution in [-0.2, 0) is 4.74 Å². The van der Waals surface area contributed by atoms with Gasteiger partial charge in [-0.2, -0.15) is 0 Å². The number of para-hydroxylation sites is 1. The molecule has 9 nitrogen and oxygen atoms in total. The Labute approximate surface area is 202 Å². The van der Waals surface area contributed by atoms with E-state index in [-0.39, 0.29) is 17.2 Å². The van der Waals surface area contributed by atoms with E-state index >= 15 is 0 Å². The molecule has 2 amide bonds. The molecule has 5 rings (SSSR count). The zero-order valence-electron chi connectivity index (χ0n) is 19.3. The maximum absolute atomic E-state index is 13.3. The van der Waals surface area contributed by atoms with Crippen molar-refractivity contribution in [1.82, 2.24) is 9.88 Å². The normalized spacial score (nSPS) is 15.0. The molecule has 0 saturated carbocycles. The van der Waals surface area contributed by atoms with Crippen LogP contribution in [-0.4, -0.2) is 61.8 Å². The Kier molecular flexibility index (Phi) is 6.15. The minimum atomic E-state index is -0.967. The molecule has 3 aromatic rings. The number of H-pyrrole nitrogens is 1. The van der Waals surface area contributed by atoms with Crippen molar-refractivity contribution in [2.45, 2.75) is 0 Å². The molecule has 0 atom stereocenters. The van der Waals surface area contributed by atoms with Crippen molar-refractivity contribution in [3.63, 3.8) is 0 Å². The average Bonchev–Trinajstić information content (AvgIpc) is 3.32. The number of carbonyl (C=O) groups is 2. The maximum atomic E-state index is 13.3. The molecule has 2 aliphatic rings. The lowest BCUT2D eigenvalue weighted by Gasteiger charge is -2.27. The highest BCUT2D eigenvalue weighted by molar-refractivity contribution is 6.01. The van der Waals surface area contributed by atoms with Crippen molar-refractivity contribution in [3.8, 4) is 22.6 Å². The van der Waals surface area contributed by atoms with Crippen LogP contribution in [0.25, 0.3) is 22.8 Å². The van der Waals surface area contributed by atoms with Crippen LogP contribution in [0.15, 0.2) is 48.7 Å². The molecule has 0 spiro atoms. The number of nitrogens with one attached hydrogen (secondary N) is 2. The molecule has 0 bridgehead atoms. The summed E-state index contributed by atoms with van der Waals surface area (Å²) in [6, 6.07) is 13.0. The van der Waals surface area contributed by atoms with E-state index in [1.54, 1.807) is 24.1 Å². The number of morpholine rings is 1. The van der Waals surface area contributed by atoms with Gasteiger partial charge >= 0.3 is 6.09 Å². The molecule has 3 heterocycles. The van der Waals surface area contributed by atoms with Crippen molar-refractivity contribution >= 4 is 29.5 Å². The summed E-state index contributed by atoms with van der Waals surface area (Å²) in [4.78, 5) is 29.7. The molecule has 1 saturated heterocycles. The Bertz CT molecular complexity index is 1310. The van der Waals surface area contributed by atoms with E-state index in [1.165, 1.54) is 0 Å². The number of benzene rings is 2. The standard InChI is InChI=1S/C26H26N4O5/c1-33-22-5-3-2-4-18(22)21-15-29-24-19(21)13-17(14-28-24)16-6-7-23(35-26(27)32)20(12-16)25(31)30-8-10-34-11-9-30/h2-7,12-13,15,28-29H,8-11,14H2,1H3,(H2,27,32). The summed E-state index contributed by atoms with van der Waals surface area (Å²) in [7, 11) is 1.65. The van der Waals surface area contributed by atoms with Crippen LogP contribution in [0.5, 0.6) is 11.5 Å². The number of hydrogen-bond acceptors (Lipinski definition) is 6. The number of anilines is 1. The average molecular weight is 475 g/mol. The van der Waals surface area contributed by atoms with Crippen molar-refractivity contribution < 1.29 is 23.8 Å². The van der Waals surface area contributed by atoms with Crippen LogP contribution in [0.4, 0.5) is 10.6 Å². The summed E-state index contributed by atoms with van der Waals surface area (Å²) in [6.07, 6.45) is 3.08. The number of nitrogens with two attached hydrogens (primary N) is 1. The van der Waals surface area contributed by atoms with E-state index in [0.717, 1.165) is 39.4 Å². The van der Waals surface area contributed by atoms with Gasteiger partial charge in [-0.3, -0.25) is 4.79 Å². The van der Waals surface area contributed by atoms with Gasteiger partial charge in [0.1, 0.15) is 17.3 Å². The fraction of sp³-hybridized carbons (Fsp3) is 0.231. The van der Waals surface area contributed by atoms with Crippen molar-refractivity contribution in [1.29, 1.82) is 0 Å². The first kappa shape index (κ1) is 22.5. The van der Waals surface area contributed by atoms with Gasteiger partial charge in [-0.15, -0.1) is 0 Å². The van der Waals surface area contributed by atoms with Gasteiger partial charge in [0, 0.05) is 42.5 Å². The van der Waals surface area contributed by atoms with E-state index in [1.807, 2.05) is 36.5 Å². The van der Waals surface area contributed by atoms with Gasteiger partial charge in [-0.05, 0) is 35.4 Å². The highest BCUT2D eigenvalue weighted by Gasteiger charge is 2.25. The van der Waals surface area contributed by atoms with Gasteiger partial charge < -0.3 is 35.1 Å². The van der Waals surface area contributed by atoms with E-state index < -0.39 is 6.09 Å². The number of aromatic amines is 1. The summed E-state index contributed by atoms with van der Waals surface area (Å²) < 4.78 is 16.1. The first-order valence-electron chi connectivity index (χ1n) is 11.3. The summed E-state index contributed by atoms with van der Waals surface area (Å²) >= 11 is 0. The van der Waals surface area contributed by atoms with Crippen LogP contribution in [0, 0.1) is 0 Å². The van der Waals surface area contributed by atoms with Crippen LogP contribution in [0.1, 0.15) is 21.5 Å². The first-order chi connectivity index (χ1) is 17.0. The first-order valence-corrected chi connectivity index (χ1v) is 11.3. The minimum Gasteiger partial charge on any atom is -0.496 e. The van der Waals surface area contributed by atoms with Crippen LogP contribution < -0.4 is 20.5 Å². The molecule has 4 N–H and O–H groups in total. The molecule has 2 aromatic carbocycles. The summed E-state index contributed by atoms with van der Waals surface area (Å²) in [5.74, 6) is 1.60. The molecular weight excluding hydrogens is 448 g/mol. The fourth-order valence-electron chi connectivity index (χ4n) is 4.45. The Hall–Kier alpha value is -4.24. The second kappa shape index (κ2) is 9.55. The van der Waals surface area contributed by atoms with E-state index in [9.17, 15) is 9.59 Å². The van der Waals surface area contributed by atoms with Crippen molar-refractivity contribution in [2.75, 3.05) is 45.3 Å². The quantitative estimate of drug-likeness (QED) is 0.520. The molecule has 180 valence electrons. The predicted molar refractivity (Wildman–Crippen MR) is 133 cm³/mol.